The normalized spacial score (nSPS) is 36.7. The third kappa shape index (κ3) is 2.08. The van der Waals surface area contributed by atoms with E-state index in [-0.39, 0.29) is 0 Å². The zero-order chi connectivity index (χ0) is 6.69. The molecule has 0 bridgehead atoms. The van der Waals surface area contributed by atoms with E-state index in [1.54, 1.807) is 0 Å². The van der Waals surface area contributed by atoms with E-state index < -0.39 is 0 Å². The van der Waals surface area contributed by atoms with Crippen molar-refractivity contribution in [3.8, 4) is 0 Å². The number of ether oxygens (including phenoxy) is 1. The monoisotopic (exact) mass is 240 g/mol. The summed E-state index contributed by atoms with van der Waals surface area (Å²) in [6.45, 7) is 4.22. The van der Waals surface area contributed by atoms with Gasteiger partial charge in [0, 0.05) is 10.5 Å². The quantitative estimate of drug-likeness (QED) is 0.504. The molecule has 0 aliphatic carbocycles. The Hall–Kier alpha value is 0.690. The molecule has 1 fully saturated rings. The zero-order valence-corrected chi connectivity index (χ0v) is 7.93. The summed E-state index contributed by atoms with van der Waals surface area (Å²) >= 11 is 2.49. The topological polar surface area (TPSA) is 9.23 Å². The molecular weight excluding hydrogens is 227 g/mol. The fraction of sp³-hybridized carbons (Fsp3) is 1.00. The van der Waals surface area contributed by atoms with Gasteiger partial charge in [-0.05, 0) is 12.3 Å². The van der Waals surface area contributed by atoms with Crippen LogP contribution in [0.2, 0.25) is 0 Å². The minimum absolute atomic E-state index is 0.765. The SMILES string of the molecule is CCC1CCOC[C@@H]1I. The van der Waals surface area contributed by atoms with Gasteiger partial charge in [-0.25, -0.2) is 0 Å². The standard InChI is InChI=1S/C7H13IO/c1-2-6-3-4-9-5-7(6)8/h6-7H,2-5H2,1H3/t6?,7-/m0/s1. The number of rotatable bonds is 1. The Balaban J connectivity index is 2.30. The summed E-state index contributed by atoms with van der Waals surface area (Å²) in [5.74, 6) is 0.916. The van der Waals surface area contributed by atoms with Crippen LogP contribution in [0.1, 0.15) is 19.8 Å². The molecule has 2 heteroatoms. The molecule has 1 saturated heterocycles. The highest BCUT2D eigenvalue weighted by Crippen LogP contribution is 2.24. The highest BCUT2D eigenvalue weighted by molar-refractivity contribution is 14.1. The average molecular weight is 240 g/mol. The molecule has 0 spiro atoms. The van der Waals surface area contributed by atoms with Gasteiger partial charge in [-0.3, -0.25) is 0 Å². The van der Waals surface area contributed by atoms with Gasteiger partial charge in [-0.2, -0.15) is 0 Å². The van der Waals surface area contributed by atoms with Crippen LogP contribution >= 0.6 is 22.6 Å². The van der Waals surface area contributed by atoms with Gasteiger partial charge in [-0.15, -0.1) is 0 Å². The number of hydrogen-bond donors (Lipinski definition) is 0. The summed E-state index contributed by atoms with van der Waals surface area (Å²) in [4.78, 5) is 0. The first-order chi connectivity index (χ1) is 4.34. The maximum absolute atomic E-state index is 5.31. The molecule has 0 aromatic carbocycles. The molecule has 0 amide bonds. The van der Waals surface area contributed by atoms with Gasteiger partial charge in [0.25, 0.3) is 0 Å². The second-order valence-electron chi connectivity index (χ2n) is 2.55. The van der Waals surface area contributed by atoms with Gasteiger partial charge < -0.3 is 4.74 Å². The molecule has 1 rings (SSSR count). The summed E-state index contributed by atoms with van der Waals surface area (Å²) in [6.07, 6.45) is 2.58. The lowest BCUT2D eigenvalue weighted by Gasteiger charge is -2.26. The number of alkyl halides is 1. The average Bonchev–Trinajstić information content (AvgIpc) is 1.89. The lowest BCUT2D eigenvalue weighted by atomic mass is 9.98. The Morgan fingerprint density at radius 3 is 2.89 bits per heavy atom. The van der Waals surface area contributed by atoms with Crippen LogP contribution in [-0.4, -0.2) is 17.1 Å². The van der Waals surface area contributed by atoms with E-state index in [0.717, 1.165) is 23.1 Å². The predicted molar refractivity (Wildman–Crippen MR) is 47.0 cm³/mol. The van der Waals surface area contributed by atoms with E-state index in [9.17, 15) is 0 Å². The Labute approximate surface area is 70.3 Å². The van der Waals surface area contributed by atoms with Crippen LogP contribution in [0.5, 0.6) is 0 Å². The van der Waals surface area contributed by atoms with Crippen molar-refractivity contribution in [2.75, 3.05) is 13.2 Å². The molecule has 1 heterocycles. The first-order valence-corrected chi connectivity index (χ1v) is 4.81. The number of hydrogen-bond acceptors (Lipinski definition) is 1. The Morgan fingerprint density at radius 1 is 1.67 bits per heavy atom. The van der Waals surface area contributed by atoms with Crippen LogP contribution in [0.25, 0.3) is 0 Å². The molecule has 9 heavy (non-hydrogen) atoms. The van der Waals surface area contributed by atoms with Crippen LogP contribution in [0.15, 0.2) is 0 Å². The van der Waals surface area contributed by atoms with E-state index in [1.807, 2.05) is 0 Å². The maximum atomic E-state index is 5.31. The van der Waals surface area contributed by atoms with E-state index in [4.69, 9.17) is 4.74 Å². The summed E-state index contributed by atoms with van der Waals surface area (Å²) in [7, 11) is 0. The molecule has 54 valence electrons. The van der Waals surface area contributed by atoms with Gasteiger partial charge in [0.1, 0.15) is 0 Å². The predicted octanol–water partition coefficient (Wildman–Crippen LogP) is 2.24. The Kier molecular flexibility index (Phi) is 3.26. The molecule has 0 aromatic rings. The smallest absolute Gasteiger partial charge is 0.0586 e. The van der Waals surface area contributed by atoms with Crippen LogP contribution in [0, 0.1) is 5.92 Å². The highest BCUT2D eigenvalue weighted by atomic mass is 127. The van der Waals surface area contributed by atoms with Gasteiger partial charge in [-0.1, -0.05) is 35.9 Å². The Morgan fingerprint density at radius 2 is 2.44 bits per heavy atom. The fourth-order valence-electron chi connectivity index (χ4n) is 1.21. The lowest BCUT2D eigenvalue weighted by Crippen LogP contribution is -2.26. The fourth-order valence-corrected chi connectivity index (χ4v) is 2.33. The first-order valence-electron chi connectivity index (χ1n) is 3.56. The molecule has 1 nitrogen and oxygen atoms in total. The molecule has 0 radical (unpaired) electrons. The van der Waals surface area contributed by atoms with E-state index in [2.05, 4.69) is 29.5 Å². The summed E-state index contributed by atoms with van der Waals surface area (Å²) < 4.78 is 6.07. The molecule has 2 atom stereocenters. The molecule has 0 N–H and O–H groups in total. The van der Waals surface area contributed by atoms with Crippen molar-refractivity contribution in [1.82, 2.24) is 0 Å². The molecule has 1 unspecified atom stereocenters. The van der Waals surface area contributed by atoms with Crippen molar-refractivity contribution in [3.63, 3.8) is 0 Å². The second kappa shape index (κ2) is 3.76. The van der Waals surface area contributed by atoms with Crippen molar-refractivity contribution in [2.45, 2.75) is 23.7 Å². The van der Waals surface area contributed by atoms with Gasteiger partial charge in [0.05, 0.1) is 6.61 Å². The minimum atomic E-state index is 0.765. The van der Waals surface area contributed by atoms with Crippen molar-refractivity contribution < 1.29 is 4.74 Å². The molecule has 0 saturated carbocycles. The van der Waals surface area contributed by atoms with E-state index in [1.165, 1.54) is 12.8 Å². The molecule has 1 aliphatic rings. The third-order valence-corrected chi connectivity index (χ3v) is 3.32. The summed E-state index contributed by atoms with van der Waals surface area (Å²) in [5.41, 5.74) is 0. The van der Waals surface area contributed by atoms with Crippen molar-refractivity contribution in [2.24, 2.45) is 5.92 Å². The highest BCUT2D eigenvalue weighted by Gasteiger charge is 2.20. The van der Waals surface area contributed by atoms with Crippen molar-refractivity contribution in [1.29, 1.82) is 0 Å². The molecule has 0 aromatic heterocycles. The van der Waals surface area contributed by atoms with E-state index in [0.29, 0.717) is 0 Å². The van der Waals surface area contributed by atoms with Crippen molar-refractivity contribution >= 4 is 22.6 Å². The minimum Gasteiger partial charge on any atom is -0.380 e. The third-order valence-electron chi connectivity index (χ3n) is 1.95. The van der Waals surface area contributed by atoms with Gasteiger partial charge >= 0.3 is 0 Å². The lowest BCUT2D eigenvalue weighted by molar-refractivity contribution is 0.0754. The molecular formula is C7H13IO. The summed E-state index contributed by atoms with van der Waals surface area (Å²) in [5, 5.41) is 0. The maximum Gasteiger partial charge on any atom is 0.0586 e. The Bertz CT molecular complexity index is 85.0. The first kappa shape index (κ1) is 7.79. The molecule has 1 aliphatic heterocycles. The van der Waals surface area contributed by atoms with Crippen LogP contribution in [-0.2, 0) is 4.74 Å². The van der Waals surface area contributed by atoms with Gasteiger partial charge in [0.2, 0.25) is 0 Å². The largest absolute Gasteiger partial charge is 0.380 e. The van der Waals surface area contributed by atoms with Gasteiger partial charge in [0.15, 0.2) is 0 Å². The zero-order valence-electron chi connectivity index (χ0n) is 5.77. The second-order valence-corrected chi connectivity index (χ2v) is 4.15. The van der Waals surface area contributed by atoms with Crippen LogP contribution in [0.3, 0.4) is 0 Å². The van der Waals surface area contributed by atoms with Crippen LogP contribution in [0.4, 0.5) is 0 Å². The van der Waals surface area contributed by atoms with Crippen LogP contribution < -0.4 is 0 Å². The van der Waals surface area contributed by atoms with Crippen molar-refractivity contribution in [3.05, 3.63) is 0 Å². The number of halogens is 1. The van der Waals surface area contributed by atoms with E-state index >= 15 is 0 Å². The summed E-state index contributed by atoms with van der Waals surface area (Å²) in [6, 6.07) is 0.